The Morgan fingerprint density at radius 2 is 2.12 bits per heavy atom. The summed E-state index contributed by atoms with van der Waals surface area (Å²) >= 11 is 0. The highest BCUT2D eigenvalue weighted by molar-refractivity contribution is 5.30. The van der Waals surface area contributed by atoms with Crippen molar-refractivity contribution in [3.8, 4) is 5.75 Å². The van der Waals surface area contributed by atoms with Gasteiger partial charge in [0.05, 0.1) is 13.2 Å². The summed E-state index contributed by atoms with van der Waals surface area (Å²) in [5, 5.41) is 0. The third-order valence-electron chi connectivity index (χ3n) is 2.67. The van der Waals surface area contributed by atoms with Crippen molar-refractivity contribution in [1.29, 1.82) is 0 Å². The fourth-order valence-electron chi connectivity index (χ4n) is 1.59. The van der Waals surface area contributed by atoms with E-state index in [4.69, 9.17) is 15.3 Å². The van der Waals surface area contributed by atoms with Crippen molar-refractivity contribution in [2.75, 3.05) is 14.2 Å². The average Bonchev–Trinajstić information content (AvgIpc) is 2.35. The molecule has 0 amide bonds. The van der Waals surface area contributed by atoms with E-state index in [2.05, 4.69) is 5.43 Å². The highest BCUT2D eigenvalue weighted by Crippen LogP contribution is 2.22. The number of rotatable bonds is 6. The average molecular weight is 224 g/mol. The molecule has 0 saturated carbocycles. The van der Waals surface area contributed by atoms with Crippen molar-refractivity contribution in [2.24, 2.45) is 5.84 Å². The van der Waals surface area contributed by atoms with E-state index in [1.54, 1.807) is 14.2 Å². The number of hydrogen-bond acceptors (Lipinski definition) is 4. The second-order valence-electron chi connectivity index (χ2n) is 3.78. The van der Waals surface area contributed by atoms with Gasteiger partial charge in [-0.2, -0.15) is 0 Å². The number of nitrogens with two attached hydrogens (primary N) is 1. The maximum atomic E-state index is 5.55. The zero-order valence-electron chi connectivity index (χ0n) is 10.1. The van der Waals surface area contributed by atoms with Crippen LogP contribution in [0.5, 0.6) is 5.75 Å². The van der Waals surface area contributed by atoms with Crippen molar-refractivity contribution < 1.29 is 9.47 Å². The number of hydrogen-bond donors (Lipinski definition) is 2. The standard InChI is InChI=1S/C12H20N2O2/c1-9(15-2)7-12(14-13)10-5-4-6-11(8-10)16-3/h4-6,8-9,12,14H,7,13H2,1-3H3. The molecule has 3 N–H and O–H groups in total. The van der Waals surface area contributed by atoms with Gasteiger partial charge in [0, 0.05) is 13.2 Å². The summed E-state index contributed by atoms with van der Waals surface area (Å²) in [7, 11) is 3.35. The normalized spacial score (nSPS) is 14.5. The lowest BCUT2D eigenvalue weighted by Gasteiger charge is -2.20. The SMILES string of the molecule is COc1cccc(C(CC(C)OC)NN)c1. The summed E-state index contributed by atoms with van der Waals surface area (Å²) in [6.45, 7) is 2.02. The number of methoxy groups -OCH3 is 2. The van der Waals surface area contributed by atoms with Gasteiger partial charge in [-0.25, -0.2) is 0 Å². The molecular formula is C12H20N2O2. The molecule has 0 aliphatic heterocycles. The van der Waals surface area contributed by atoms with Crippen LogP contribution in [0.2, 0.25) is 0 Å². The second-order valence-corrected chi connectivity index (χ2v) is 3.78. The first-order valence-electron chi connectivity index (χ1n) is 5.34. The number of ether oxygens (including phenoxy) is 2. The van der Waals surface area contributed by atoms with E-state index >= 15 is 0 Å². The predicted octanol–water partition coefficient (Wildman–Crippen LogP) is 1.62. The minimum absolute atomic E-state index is 0.0741. The smallest absolute Gasteiger partial charge is 0.119 e. The first-order chi connectivity index (χ1) is 7.71. The van der Waals surface area contributed by atoms with Gasteiger partial charge in [-0.1, -0.05) is 12.1 Å². The number of nitrogens with one attached hydrogen (secondary N) is 1. The van der Waals surface area contributed by atoms with Crippen LogP contribution in [0.15, 0.2) is 24.3 Å². The summed E-state index contributed by atoms with van der Waals surface area (Å²) in [6.07, 6.45) is 0.979. The van der Waals surface area contributed by atoms with E-state index in [1.807, 2.05) is 31.2 Å². The molecule has 0 bridgehead atoms. The van der Waals surface area contributed by atoms with Crippen LogP contribution in [0.25, 0.3) is 0 Å². The Hall–Kier alpha value is -1.10. The molecule has 4 nitrogen and oxygen atoms in total. The van der Waals surface area contributed by atoms with Crippen molar-refractivity contribution in [2.45, 2.75) is 25.5 Å². The van der Waals surface area contributed by atoms with E-state index in [9.17, 15) is 0 Å². The summed E-state index contributed by atoms with van der Waals surface area (Å²) in [5.74, 6) is 6.39. The minimum Gasteiger partial charge on any atom is -0.497 e. The molecule has 90 valence electrons. The Bertz CT molecular complexity index is 318. The number of hydrazine groups is 1. The minimum atomic E-state index is 0.0741. The van der Waals surface area contributed by atoms with Crippen molar-refractivity contribution in [1.82, 2.24) is 5.43 Å². The monoisotopic (exact) mass is 224 g/mol. The summed E-state index contributed by atoms with van der Waals surface area (Å²) in [6, 6.07) is 7.94. The fourth-order valence-corrected chi connectivity index (χ4v) is 1.59. The fraction of sp³-hybridized carbons (Fsp3) is 0.500. The predicted molar refractivity (Wildman–Crippen MR) is 64.1 cm³/mol. The molecule has 0 heterocycles. The molecule has 1 rings (SSSR count). The van der Waals surface area contributed by atoms with Crippen LogP contribution >= 0.6 is 0 Å². The van der Waals surface area contributed by atoms with Gasteiger partial charge >= 0.3 is 0 Å². The van der Waals surface area contributed by atoms with Gasteiger partial charge in [0.2, 0.25) is 0 Å². The molecular weight excluding hydrogens is 204 g/mol. The molecule has 0 fully saturated rings. The first-order valence-corrected chi connectivity index (χ1v) is 5.34. The van der Waals surface area contributed by atoms with Crippen LogP contribution in [0.1, 0.15) is 24.9 Å². The van der Waals surface area contributed by atoms with E-state index in [1.165, 1.54) is 0 Å². The Morgan fingerprint density at radius 3 is 2.69 bits per heavy atom. The summed E-state index contributed by atoms with van der Waals surface area (Å²) in [5.41, 5.74) is 3.90. The zero-order valence-corrected chi connectivity index (χ0v) is 10.1. The maximum absolute atomic E-state index is 5.55. The molecule has 2 atom stereocenters. The van der Waals surface area contributed by atoms with Crippen LogP contribution in [0.3, 0.4) is 0 Å². The van der Waals surface area contributed by atoms with Gasteiger partial charge in [-0.05, 0) is 31.0 Å². The molecule has 0 aliphatic rings. The van der Waals surface area contributed by atoms with Crippen molar-refractivity contribution >= 4 is 0 Å². The molecule has 0 spiro atoms. The molecule has 0 saturated heterocycles. The van der Waals surface area contributed by atoms with E-state index < -0.39 is 0 Å². The van der Waals surface area contributed by atoms with E-state index in [-0.39, 0.29) is 12.1 Å². The van der Waals surface area contributed by atoms with Crippen molar-refractivity contribution in [3.63, 3.8) is 0 Å². The topological polar surface area (TPSA) is 56.5 Å². The summed E-state index contributed by atoms with van der Waals surface area (Å²) in [4.78, 5) is 0. The van der Waals surface area contributed by atoms with Crippen molar-refractivity contribution in [3.05, 3.63) is 29.8 Å². The van der Waals surface area contributed by atoms with E-state index in [0.29, 0.717) is 0 Å². The molecule has 0 aromatic heterocycles. The Balaban J connectivity index is 2.77. The van der Waals surface area contributed by atoms with Crippen LogP contribution < -0.4 is 16.0 Å². The van der Waals surface area contributed by atoms with Crippen LogP contribution in [0.4, 0.5) is 0 Å². The molecule has 16 heavy (non-hydrogen) atoms. The second kappa shape index (κ2) is 6.48. The quantitative estimate of drug-likeness (QED) is 0.569. The Kier molecular flexibility index (Phi) is 5.25. The number of benzene rings is 1. The molecule has 0 radical (unpaired) electrons. The largest absolute Gasteiger partial charge is 0.497 e. The molecule has 0 aliphatic carbocycles. The Morgan fingerprint density at radius 1 is 1.38 bits per heavy atom. The lowest BCUT2D eigenvalue weighted by Crippen LogP contribution is -2.30. The zero-order chi connectivity index (χ0) is 12.0. The van der Waals surface area contributed by atoms with Crippen LogP contribution in [0, 0.1) is 0 Å². The third-order valence-corrected chi connectivity index (χ3v) is 2.67. The molecule has 1 aromatic rings. The first kappa shape index (κ1) is 13.0. The lowest BCUT2D eigenvalue weighted by molar-refractivity contribution is 0.100. The van der Waals surface area contributed by atoms with Gasteiger partial charge in [-0.15, -0.1) is 0 Å². The molecule has 2 unspecified atom stereocenters. The van der Waals surface area contributed by atoms with Gasteiger partial charge in [-0.3, -0.25) is 11.3 Å². The lowest BCUT2D eigenvalue weighted by atomic mass is 10.0. The van der Waals surface area contributed by atoms with Gasteiger partial charge in [0.15, 0.2) is 0 Å². The van der Waals surface area contributed by atoms with Crippen LogP contribution in [-0.2, 0) is 4.74 Å². The molecule has 4 heteroatoms. The highest BCUT2D eigenvalue weighted by Gasteiger charge is 2.13. The maximum Gasteiger partial charge on any atom is 0.119 e. The van der Waals surface area contributed by atoms with Crippen LogP contribution in [-0.4, -0.2) is 20.3 Å². The van der Waals surface area contributed by atoms with Gasteiger partial charge < -0.3 is 9.47 Å². The summed E-state index contributed by atoms with van der Waals surface area (Å²) < 4.78 is 10.4. The van der Waals surface area contributed by atoms with Gasteiger partial charge in [0.1, 0.15) is 5.75 Å². The van der Waals surface area contributed by atoms with Gasteiger partial charge in [0.25, 0.3) is 0 Å². The Labute approximate surface area is 96.7 Å². The molecule has 1 aromatic carbocycles. The highest BCUT2D eigenvalue weighted by atomic mass is 16.5. The van der Waals surface area contributed by atoms with E-state index in [0.717, 1.165) is 17.7 Å². The third kappa shape index (κ3) is 3.48.